The van der Waals surface area contributed by atoms with Gasteiger partial charge in [-0.05, 0) is 5.41 Å². The van der Waals surface area contributed by atoms with E-state index in [1.807, 2.05) is 20.8 Å². The molecule has 0 radical (unpaired) electrons. The molecule has 1 aromatic heterocycles. The highest BCUT2D eigenvalue weighted by Crippen LogP contribution is 2.30. The second-order valence-corrected chi connectivity index (χ2v) is 7.02. The van der Waals surface area contributed by atoms with E-state index in [4.69, 9.17) is 0 Å². The lowest BCUT2D eigenvalue weighted by molar-refractivity contribution is -0.141. The van der Waals surface area contributed by atoms with E-state index in [2.05, 4.69) is 4.98 Å². The average Bonchev–Trinajstić information content (AvgIpc) is 2.15. The third-order valence-electron chi connectivity index (χ3n) is 2.85. The number of nitrogens with zero attached hydrogens (tertiary/aromatic N) is 2. The van der Waals surface area contributed by atoms with E-state index in [1.165, 1.54) is 0 Å². The summed E-state index contributed by atoms with van der Waals surface area (Å²) >= 11 is 0. The Morgan fingerprint density at radius 1 is 1.05 bits per heavy atom. The first-order valence-electron chi connectivity index (χ1n) is 6.40. The first-order valence-corrected chi connectivity index (χ1v) is 6.40. The maximum Gasteiger partial charge on any atom is 0.406 e. The largest absolute Gasteiger partial charge is 0.406 e. The highest BCUT2D eigenvalue weighted by atomic mass is 19.4. The average molecular weight is 290 g/mol. The van der Waals surface area contributed by atoms with Crippen LogP contribution in [0.3, 0.4) is 0 Å². The van der Waals surface area contributed by atoms with Gasteiger partial charge in [-0.15, -0.1) is 0 Å². The summed E-state index contributed by atoms with van der Waals surface area (Å²) in [5.41, 5.74) is -0.694. The molecule has 0 atom stereocenters. The maximum absolute atomic E-state index is 12.5. The minimum absolute atomic E-state index is 0.344. The minimum atomic E-state index is -4.44. The molecule has 0 saturated heterocycles. The standard InChI is InChI=1S/C14H21F3N2O/c1-12(2,3)9-10(13(4,5)6)18-8-19(11(9)20)7-14(15,16)17/h8H,7H2,1-6H3. The molecule has 0 unspecified atom stereocenters. The van der Waals surface area contributed by atoms with Crippen molar-refractivity contribution in [2.75, 3.05) is 0 Å². The lowest BCUT2D eigenvalue weighted by atomic mass is 9.79. The molecule has 0 aliphatic heterocycles. The van der Waals surface area contributed by atoms with Crippen molar-refractivity contribution < 1.29 is 13.2 Å². The highest BCUT2D eigenvalue weighted by molar-refractivity contribution is 5.30. The van der Waals surface area contributed by atoms with E-state index in [1.54, 1.807) is 20.8 Å². The first-order chi connectivity index (χ1) is 8.73. The zero-order valence-corrected chi connectivity index (χ0v) is 12.7. The van der Waals surface area contributed by atoms with E-state index in [9.17, 15) is 18.0 Å². The fourth-order valence-electron chi connectivity index (χ4n) is 2.04. The number of halogens is 3. The molecule has 0 aliphatic carbocycles. The monoisotopic (exact) mass is 290 g/mol. The quantitative estimate of drug-likeness (QED) is 0.794. The fraction of sp³-hybridized carbons (Fsp3) is 0.714. The van der Waals surface area contributed by atoms with Crippen molar-refractivity contribution in [2.24, 2.45) is 0 Å². The summed E-state index contributed by atoms with van der Waals surface area (Å²) in [6.07, 6.45) is -3.45. The lowest BCUT2D eigenvalue weighted by Gasteiger charge is -2.28. The second-order valence-electron chi connectivity index (χ2n) is 7.02. The topological polar surface area (TPSA) is 34.9 Å². The Hall–Kier alpha value is -1.33. The van der Waals surface area contributed by atoms with Crippen LogP contribution in [0.2, 0.25) is 0 Å². The Kier molecular flexibility index (Phi) is 4.09. The van der Waals surface area contributed by atoms with E-state index >= 15 is 0 Å². The molecule has 1 rings (SSSR count). The van der Waals surface area contributed by atoms with Crippen molar-refractivity contribution in [1.82, 2.24) is 9.55 Å². The zero-order chi connectivity index (χ0) is 15.9. The van der Waals surface area contributed by atoms with Crippen LogP contribution in [-0.4, -0.2) is 15.7 Å². The van der Waals surface area contributed by atoms with Gasteiger partial charge in [-0.1, -0.05) is 41.5 Å². The predicted octanol–water partition coefficient (Wildman–Crippen LogP) is 3.40. The summed E-state index contributed by atoms with van der Waals surface area (Å²) in [6.45, 7) is 9.76. The van der Waals surface area contributed by atoms with Gasteiger partial charge in [-0.25, -0.2) is 4.98 Å². The van der Waals surface area contributed by atoms with Crippen LogP contribution < -0.4 is 5.56 Å². The molecule has 6 heteroatoms. The summed E-state index contributed by atoms with van der Waals surface area (Å²) in [4.78, 5) is 16.5. The second kappa shape index (κ2) is 4.90. The molecule has 20 heavy (non-hydrogen) atoms. The number of rotatable bonds is 1. The Bertz CT molecular complexity index is 545. The van der Waals surface area contributed by atoms with Gasteiger partial charge in [0.2, 0.25) is 0 Å². The molecule has 0 N–H and O–H groups in total. The number of hydrogen-bond acceptors (Lipinski definition) is 2. The van der Waals surface area contributed by atoms with Gasteiger partial charge in [0.15, 0.2) is 0 Å². The van der Waals surface area contributed by atoms with Crippen molar-refractivity contribution in [3.63, 3.8) is 0 Å². The molecule has 0 aliphatic rings. The van der Waals surface area contributed by atoms with Crippen LogP contribution in [0.1, 0.15) is 52.8 Å². The third kappa shape index (κ3) is 3.84. The molecule has 0 saturated carbocycles. The molecule has 0 aromatic carbocycles. The molecule has 114 valence electrons. The van der Waals surface area contributed by atoms with Crippen molar-refractivity contribution >= 4 is 0 Å². The predicted molar refractivity (Wildman–Crippen MR) is 72.0 cm³/mol. The van der Waals surface area contributed by atoms with E-state index in [0.29, 0.717) is 15.8 Å². The fourth-order valence-corrected chi connectivity index (χ4v) is 2.04. The van der Waals surface area contributed by atoms with Crippen LogP contribution in [0.15, 0.2) is 11.1 Å². The summed E-state index contributed by atoms with van der Waals surface area (Å²) < 4.78 is 38.1. The van der Waals surface area contributed by atoms with Crippen molar-refractivity contribution in [3.05, 3.63) is 27.9 Å². The molecule has 1 heterocycles. The van der Waals surface area contributed by atoms with Gasteiger partial charge in [-0.2, -0.15) is 13.2 Å². The molecule has 0 fully saturated rings. The van der Waals surface area contributed by atoms with Crippen molar-refractivity contribution in [3.8, 4) is 0 Å². The summed E-state index contributed by atoms with van der Waals surface area (Å²) in [6, 6.07) is 0. The van der Waals surface area contributed by atoms with Crippen LogP contribution in [-0.2, 0) is 17.4 Å². The summed E-state index contributed by atoms with van der Waals surface area (Å²) in [5.74, 6) is 0. The van der Waals surface area contributed by atoms with Crippen LogP contribution >= 0.6 is 0 Å². The number of hydrogen-bond donors (Lipinski definition) is 0. The summed E-state index contributed by atoms with van der Waals surface area (Å²) in [7, 11) is 0. The normalized spacial score (nSPS) is 13.7. The summed E-state index contributed by atoms with van der Waals surface area (Å²) in [5, 5.41) is 0. The Labute approximate surface area is 116 Å². The Balaban J connectivity index is 3.57. The van der Waals surface area contributed by atoms with Crippen LogP contribution in [0.4, 0.5) is 13.2 Å². The van der Waals surface area contributed by atoms with Gasteiger partial charge >= 0.3 is 6.18 Å². The Morgan fingerprint density at radius 3 is 1.90 bits per heavy atom. The van der Waals surface area contributed by atoms with Crippen LogP contribution in [0.5, 0.6) is 0 Å². The third-order valence-corrected chi connectivity index (χ3v) is 2.85. The van der Waals surface area contributed by atoms with E-state index < -0.39 is 29.1 Å². The van der Waals surface area contributed by atoms with Gasteiger partial charge in [0.1, 0.15) is 6.54 Å². The molecular formula is C14H21F3N2O. The molecule has 3 nitrogen and oxygen atoms in total. The smallest absolute Gasteiger partial charge is 0.290 e. The minimum Gasteiger partial charge on any atom is -0.290 e. The van der Waals surface area contributed by atoms with Gasteiger partial charge in [-0.3, -0.25) is 9.36 Å². The molecular weight excluding hydrogens is 269 g/mol. The van der Waals surface area contributed by atoms with E-state index in [-0.39, 0.29) is 0 Å². The lowest BCUT2D eigenvalue weighted by Crippen LogP contribution is -2.38. The SMILES string of the molecule is CC(C)(C)c1ncn(CC(F)(F)F)c(=O)c1C(C)(C)C. The van der Waals surface area contributed by atoms with Gasteiger partial charge < -0.3 is 0 Å². The highest BCUT2D eigenvalue weighted by Gasteiger charge is 2.33. The van der Waals surface area contributed by atoms with Crippen molar-refractivity contribution in [2.45, 2.75) is 65.1 Å². The number of aromatic nitrogens is 2. The van der Waals surface area contributed by atoms with Crippen LogP contribution in [0, 0.1) is 0 Å². The molecule has 0 bridgehead atoms. The van der Waals surface area contributed by atoms with Gasteiger partial charge in [0.05, 0.1) is 12.0 Å². The van der Waals surface area contributed by atoms with Gasteiger partial charge in [0.25, 0.3) is 5.56 Å². The van der Waals surface area contributed by atoms with Crippen LogP contribution in [0.25, 0.3) is 0 Å². The molecule has 0 amide bonds. The van der Waals surface area contributed by atoms with Crippen molar-refractivity contribution in [1.29, 1.82) is 0 Å². The molecule has 1 aromatic rings. The maximum atomic E-state index is 12.5. The molecule has 0 spiro atoms. The zero-order valence-electron chi connectivity index (χ0n) is 12.7. The first kappa shape index (κ1) is 16.7. The Morgan fingerprint density at radius 2 is 1.55 bits per heavy atom. The van der Waals surface area contributed by atoms with Gasteiger partial charge in [0, 0.05) is 11.0 Å². The van der Waals surface area contributed by atoms with E-state index in [0.717, 1.165) is 6.33 Å². The number of alkyl halides is 3.